The third-order valence-corrected chi connectivity index (χ3v) is 2.54. The minimum atomic E-state index is -1.07. The van der Waals surface area contributed by atoms with Crippen LogP contribution in [-0.4, -0.2) is 27.5 Å². The number of hydroxylamine groups is 1. The molecule has 10 heteroatoms. The molecule has 0 spiro atoms. The molecule has 0 aliphatic carbocycles. The highest BCUT2D eigenvalue weighted by atomic mass is 16.6. The molecular formula is C11H14N4O6. The second kappa shape index (κ2) is 6.61. The number of carbonyl (C=O) groups is 1. The molecule has 0 aliphatic heterocycles. The van der Waals surface area contributed by atoms with Crippen molar-refractivity contribution in [1.82, 2.24) is 5.48 Å². The molecule has 0 aliphatic rings. The van der Waals surface area contributed by atoms with Crippen LogP contribution in [-0.2, 0) is 0 Å². The molecule has 0 radical (unpaired) electrons. The van der Waals surface area contributed by atoms with Gasteiger partial charge in [-0.1, -0.05) is 13.8 Å². The fourth-order valence-corrected chi connectivity index (χ4v) is 1.58. The summed E-state index contributed by atoms with van der Waals surface area (Å²) in [7, 11) is 0. The molecule has 1 aromatic carbocycles. The number of amides is 1. The molecule has 0 aromatic heterocycles. The van der Waals surface area contributed by atoms with E-state index in [1.807, 2.05) is 13.8 Å². The topological polar surface area (TPSA) is 148 Å². The molecule has 0 fully saturated rings. The van der Waals surface area contributed by atoms with Crippen molar-refractivity contribution < 1.29 is 19.8 Å². The Kier molecular flexibility index (Phi) is 5.13. The van der Waals surface area contributed by atoms with Gasteiger partial charge in [-0.25, -0.2) is 5.48 Å². The van der Waals surface area contributed by atoms with Crippen molar-refractivity contribution in [2.24, 2.45) is 5.92 Å². The van der Waals surface area contributed by atoms with E-state index in [4.69, 9.17) is 5.21 Å². The van der Waals surface area contributed by atoms with Gasteiger partial charge in [0.25, 0.3) is 17.3 Å². The molecule has 1 amide bonds. The van der Waals surface area contributed by atoms with E-state index in [9.17, 15) is 25.0 Å². The Balaban J connectivity index is 3.47. The summed E-state index contributed by atoms with van der Waals surface area (Å²) in [5.41, 5.74) is -0.591. The SMILES string of the molecule is CC(C)CNc1c([N+](=O)[O-])cc(C(=O)NO)cc1[N+](=O)[O-]. The maximum absolute atomic E-state index is 11.3. The largest absolute Gasteiger partial charge is 0.374 e. The number of carbonyl (C=O) groups excluding carboxylic acids is 1. The van der Waals surface area contributed by atoms with E-state index < -0.39 is 27.1 Å². The first-order valence-corrected chi connectivity index (χ1v) is 5.93. The highest BCUT2D eigenvalue weighted by Gasteiger charge is 2.28. The zero-order valence-corrected chi connectivity index (χ0v) is 11.3. The maximum Gasteiger partial charge on any atom is 0.300 e. The van der Waals surface area contributed by atoms with Gasteiger partial charge in [0.1, 0.15) is 0 Å². The minimum Gasteiger partial charge on any atom is -0.374 e. The molecule has 10 nitrogen and oxygen atoms in total. The van der Waals surface area contributed by atoms with Gasteiger partial charge in [0.15, 0.2) is 5.69 Å². The summed E-state index contributed by atoms with van der Waals surface area (Å²) in [6, 6.07) is 1.72. The van der Waals surface area contributed by atoms with Crippen molar-refractivity contribution in [1.29, 1.82) is 0 Å². The van der Waals surface area contributed by atoms with Crippen LogP contribution in [0.5, 0.6) is 0 Å². The van der Waals surface area contributed by atoms with E-state index in [0.29, 0.717) is 0 Å². The zero-order valence-electron chi connectivity index (χ0n) is 11.3. The Morgan fingerprint density at radius 2 is 1.71 bits per heavy atom. The smallest absolute Gasteiger partial charge is 0.300 e. The summed E-state index contributed by atoms with van der Waals surface area (Å²) >= 11 is 0. The van der Waals surface area contributed by atoms with Gasteiger partial charge >= 0.3 is 0 Å². The van der Waals surface area contributed by atoms with Crippen LogP contribution in [0.1, 0.15) is 24.2 Å². The van der Waals surface area contributed by atoms with Crippen LogP contribution in [0.25, 0.3) is 0 Å². The summed E-state index contributed by atoms with van der Waals surface area (Å²) in [6.45, 7) is 3.95. The number of hydrogen-bond donors (Lipinski definition) is 3. The van der Waals surface area contributed by atoms with E-state index in [1.54, 1.807) is 0 Å². The molecule has 1 rings (SSSR count). The van der Waals surface area contributed by atoms with E-state index in [-0.39, 0.29) is 23.7 Å². The van der Waals surface area contributed by atoms with E-state index in [0.717, 1.165) is 12.1 Å². The van der Waals surface area contributed by atoms with Crippen molar-refractivity contribution in [3.63, 3.8) is 0 Å². The number of nitrogens with one attached hydrogen (secondary N) is 2. The van der Waals surface area contributed by atoms with Gasteiger partial charge in [0, 0.05) is 18.7 Å². The Labute approximate surface area is 119 Å². The third-order valence-electron chi connectivity index (χ3n) is 2.54. The number of nitro benzene ring substituents is 2. The summed E-state index contributed by atoms with van der Waals surface area (Å²) in [5.74, 6) is -0.971. The lowest BCUT2D eigenvalue weighted by molar-refractivity contribution is -0.392. The molecule has 21 heavy (non-hydrogen) atoms. The predicted molar refractivity (Wildman–Crippen MR) is 72.3 cm³/mol. The molecule has 0 saturated heterocycles. The molecule has 0 saturated carbocycles. The average molecular weight is 298 g/mol. The second-order valence-corrected chi connectivity index (χ2v) is 4.62. The van der Waals surface area contributed by atoms with Crippen molar-refractivity contribution in [3.05, 3.63) is 37.9 Å². The summed E-state index contributed by atoms with van der Waals surface area (Å²) in [6.07, 6.45) is 0. The van der Waals surface area contributed by atoms with Gasteiger partial charge in [-0.15, -0.1) is 0 Å². The maximum atomic E-state index is 11.3. The van der Waals surface area contributed by atoms with E-state index in [2.05, 4.69) is 5.32 Å². The normalized spacial score (nSPS) is 10.3. The molecule has 114 valence electrons. The second-order valence-electron chi connectivity index (χ2n) is 4.62. The Morgan fingerprint density at radius 3 is 2.05 bits per heavy atom. The Hall–Kier alpha value is -2.75. The van der Waals surface area contributed by atoms with E-state index in [1.165, 1.54) is 5.48 Å². The number of rotatable bonds is 6. The van der Waals surface area contributed by atoms with Gasteiger partial charge in [0.2, 0.25) is 0 Å². The first-order chi connectivity index (χ1) is 9.77. The predicted octanol–water partition coefficient (Wildman–Crippen LogP) is 1.69. The Morgan fingerprint density at radius 1 is 1.24 bits per heavy atom. The van der Waals surface area contributed by atoms with Crippen LogP contribution >= 0.6 is 0 Å². The first kappa shape index (κ1) is 16.3. The summed E-state index contributed by atoms with van der Waals surface area (Å²) in [5, 5.41) is 33.3. The lowest BCUT2D eigenvalue weighted by Crippen LogP contribution is -2.19. The quantitative estimate of drug-likeness (QED) is 0.411. The first-order valence-electron chi connectivity index (χ1n) is 5.93. The summed E-state index contributed by atoms with van der Waals surface area (Å²) in [4.78, 5) is 31.8. The molecule has 0 unspecified atom stereocenters. The fraction of sp³-hybridized carbons (Fsp3) is 0.364. The van der Waals surface area contributed by atoms with Gasteiger partial charge in [-0.2, -0.15) is 0 Å². The van der Waals surface area contributed by atoms with Crippen LogP contribution < -0.4 is 10.8 Å². The zero-order chi connectivity index (χ0) is 16.2. The number of benzene rings is 1. The standard InChI is InChI=1S/C11H14N4O6/c1-6(2)5-12-10-8(14(18)19)3-7(11(16)13-17)4-9(10)15(20)21/h3-4,6,12,17H,5H2,1-2H3,(H,13,16). The van der Waals surface area contributed by atoms with Crippen LogP contribution in [0.15, 0.2) is 12.1 Å². The third kappa shape index (κ3) is 3.86. The molecule has 0 bridgehead atoms. The van der Waals surface area contributed by atoms with Crippen LogP contribution in [0.3, 0.4) is 0 Å². The van der Waals surface area contributed by atoms with Crippen LogP contribution in [0.2, 0.25) is 0 Å². The lowest BCUT2D eigenvalue weighted by Gasteiger charge is -2.10. The van der Waals surface area contributed by atoms with Crippen molar-refractivity contribution in [3.8, 4) is 0 Å². The molecule has 0 atom stereocenters. The lowest BCUT2D eigenvalue weighted by atomic mass is 10.1. The number of hydrogen-bond acceptors (Lipinski definition) is 7. The Bertz CT molecular complexity index is 551. The fourth-order valence-electron chi connectivity index (χ4n) is 1.58. The van der Waals surface area contributed by atoms with Crippen molar-refractivity contribution >= 4 is 23.0 Å². The van der Waals surface area contributed by atoms with Gasteiger partial charge in [-0.05, 0) is 5.92 Å². The average Bonchev–Trinajstić information content (AvgIpc) is 2.42. The van der Waals surface area contributed by atoms with Crippen LogP contribution in [0.4, 0.5) is 17.1 Å². The molecule has 0 heterocycles. The van der Waals surface area contributed by atoms with Crippen LogP contribution in [0, 0.1) is 26.1 Å². The van der Waals surface area contributed by atoms with Gasteiger partial charge < -0.3 is 5.32 Å². The van der Waals surface area contributed by atoms with Crippen molar-refractivity contribution in [2.75, 3.05) is 11.9 Å². The number of nitro groups is 2. The highest BCUT2D eigenvalue weighted by Crippen LogP contribution is 2.35. The highest BCUT2D eigenvalue weighted by molar-refractivity contribution is 5.96. The van der Waals surface area contributed by atoms with Gasteiger partial charge in [0.05, 0.1) is 15.4 Å². The minimum absolute atomic E-state index is 0.102. The molecule has 1 aromatic rings. The molecular weight excluding hydrogens is 284 g/mol. The summed E-state index contributed by atoms with van der Waals surface area (Å²) < 4.78 is 0. The number of anilines is 1. The van der Waals surface area contributed by atoms with Crippen molar-refractivity contribution in [2.45, 2.75) is 13.8 Å². The monoisotopic (exact) mass is 298 g/mol. The number of nitrogens with zero attached hydrogens (tertiary/aromatic N) is 2. The molecule has 3 N–H and O–H groups in total. The van der Waals surface area contributed by atoms with Gasteiger partial charge in [-0.3, -0.25) is 30.2 Å². The van der Waals surface area contributed by atoms with E-state index >= 15 is 0 Å².